The molecular weight excluding hydrogens is 395 g/mol. The summed E-state index contributed by atoms with van der Waals surface area (Å²) < 4.78 is 19.6. The quantitative estimate of drug-likeness (QED) is 0.723. The molecule has 1 saturated carbocycles. The van der Waals surface area contributed by atoms with Gasteiger partial charge in [-0.25, -0.2) is 4.39 Å². The number of carbonyl (C=O) groups is 2. The number of nitrogens with zero attached hydrogens (tertiary/aromatic N) is 1. The number of benzene rings is 2. The summed E-state index contributed by atoms with van der Waals surface area (Å²) in [6.45, 7) is 0.514. The van der Waals surface area contributed by atoms with Gasteiger partial charge in [0.15, 0.2) is 5.76 Å². The molecular formula is C25H27FN2O3. The highest BCUT2D eigenvalue weighted by Gasteiger charge is 2.42. The standard InChI is InChI=1S/C25H27FN2O3/c26-20-10-6-9-19(15-20)16-23-25(30)28(21-11-4-5-12-22(21)31-23)17-24(29)27-14-13-18-7-2-1-3-8-18/h1-3,6-10,15-16,21-22H,4-5,11-14,17H2,(H,27,29)/b23-16+. The SMILES string of the molecule is O=C(CN1C(=O)/C(=C\c2cccc(F)c2)OC2CCCCC21)NCCc1ccccc1. The molecule has 2 fully saturated rings. The molecule has 0 aromatic heterocycles. The van der Waals surface area contributed by atoms with Crippen LogP contribution in [0.3, 0.4) is 0 Å². The van der Waals surface area contributed by atoms with Crippen molar-refractivity contribution < 1.29 is 18.7 Å². The predicted molar refractivity (Wildman–Crippen MR) is 116 cm³/mol. The van der Waals surface area contributed by atoms with Crippen LogP contribution in [-0.2, 0) is 20.7 Å². The molecule has 1 saturated heterocycles. The van der Waals surface area contributed by atoms with Gasteiger partial charge in [0.2, 0.25) is 5.91 Å². The average molecular weight is 423 g/mol. The summed E-state index contributed by atoms with van der Waals surface area (Å²) in [6, 6.07) is 15.9. The normalized spacial score (nSPS) is 22.0. The maximum Gasteiger partial charge on any atom is 0.289 e. The van der Waals surface area contributed by atoms with Gasteiger partial charge in [0.1, 0.15) is 18.5 Å². The molecule has 2 aliphatic rings. The summed E-state index contributed by atoms with van der Waals surface area (Å²) >= 11 is 0. The lowest BCUT2D eigenvalue weighted by Crippen LogP contribution is -2.57. The van der Waals surface area contributed by atoms with Crippen molar-refractivity contribution in [3.05, 3.63) is 77.3 Å². The van der Waals surface area contributed by atoms with Gasteiger partial charge >= 0.3 is 0 Å². The van der Waals surface area contributed by atoms with E-state index in [1.807, 2.05) is 30.3 Å². The number of hydrogen-bond donors (Lipinski definition) is 1. The van der Waals surface area contributed by atoms with E-state index in [2.05, 4.69) is 5.32 Å². The molecule has 1 aliphatic carbocycles. The molecule has 1 N–H and O–H groups in total. The van der Waals surface area contributed by atoms with E-state index in [0.717, 1.165) is 37.7 Å². The van der Waals surface area contributed by atoms with Gasteiger partial charge in [-0.1, -0.05) is 48.9 Å². The highest BCUT2D eigenvalue weighted by Crippen LogP contribution is 2.33. The van der Waals surface area contributed by atoms with Crippen molar-refractivity contribution in [2.24, 2.45) is 0 Å². The Morgan fingerprint density at radius 2 is 1.94 bits per heavy atom. The molecule has 1 heterocycles. The number of nitrogens with one attached hydrogen (secondary N) is 1. The third kappa shape index (κ3) is 5.32. The van der Waals surface area contributed by atoms with Gasteiger partial charge in [-0.2, -0.15) is 0 Å². The van der Waals surface area contributed by atoms with E-state index in [1.165, 1.54) is 12.1 Å². The third-order valence-corrected chi connectivity index (χ3v) is 5.86. The highest BCUT2D eigenvalue weighted by molar-refractivity contribution is 5.98. The smallest absolute Gasteiger partial charge is 0.289 e. The van der Waals surface area contributed by atoms with Crippen LogP contribution in [0.15, 0.2) is 60.4 Å². The van der Waals surface area contributed by atoms with Crippen LogP contribution in [0, 0.1) is 5.82 Å². The number of amides is 2. The zero-order valence-electron chi connectivity index (χ0n) is 17.4. The number of hydrogen-bond acceptors (Lipinski definition) is 3. The van der Waals surface area contributed by atoms with Crippen molar-refractivity contribution >= 4 is 17.9 Å². The molecule has 2 unspecified atom stereocenters. The number of ether oxygens (including phenoxy) is 1. The number of rotatable bonds is 6. The van der Waals surface area contributed by atoms with E-state index in [-0.39, 0.29) is 42.1 Å². The maximum absolute atomic E-state index is 13.6. The minimum atomic E-state index is -0.372. The summed E-state index contributed by atoms with van der Waals surface area (Å²) in [5.74, 6) is -0.695. The molecule has 4 rings (SSSR count). The van der Waals surface area contributed by atoms with Crippen molar-refractivity contribution in [3.63, 3.8) is 0 Å². The molecule has 2 atom stereocenters. The Kier molecular flexibility index (Phi) is 6.65. The van der Waals surface area contributed by atoms with Gasteiger partial charge in [0.25, 0.3) is 5.91 Å². The molecule has 2 aromatic rings. The van der Waals surface area contributed by atoms with Crippen LogP contribution < -0.4 is 5.32 Å². The first-order chi connectivity index (χ1) is 15.1. The van der Waals surface area contributed by atoms with Crippen LogP contribution in [0.4, 0.5) is 4.39 Å². The van der Waals surface area contributed by atoms with E-state index >= 15 is 0 Å². The average Bonchev–Trinajstić information content (AvgIpc) is 2.77. The first kappa shape index (κ1) is 21.1. The second-order valence-corrected chi connectivity index (χ2v) is 8.09. The zero-order chi connectivity index (χ0) is 21.6. The van der Waals surface area contributed by atoms with Crippen molar-refractivity contribution in [3.8, 4) is 0 Å². The zero-order valence-corrected chi connectivity index (χ0v) is 17.4. The molecule has 0 spiro atoms. The molecule has 31 heavy (non-hydrogen) atoms. The number of carbonyl (C=O) groups excluding carboxylic acids is 2. The fourth-order valence-corrected chi connectivity index (χ4v) is 4.31. The van der Waals surface area contributed by atoms with E-state index < -0.39 is 0 Å². The lowest BCUT2D eigenvalue weighted by molar-refractivity contribution is -0.151. The van der Waals surface area contributed by atoms with Gasteiger partial charge in [-0.05, 0) is 55.0 Å². The third-order valence-electron chi connectivity index (χ3n) is 5.86. The molecule has 0 bridgehead atoms. The number of halogens is 1. The molecule has 1 aliphatic heterocycles. The Labute approximate surface area is 181 Å². The van der Waals surface area contributed by atoms with Crippen LogP contribution in [-0.4, -0.2) is 41.9 Å². The second kappa shape index (κ2) is 9.77. The van der Waals surface area contributed by atoms with Crippen LogP contribution in [0.2, 0.25) is 0 Å². The van der Waals surface area contributed by atoms with E-state index in [4.69, 9.17) is 4.74 Å². The first-order valence-corrected chi connectivity index (χ1v) is 10.9. The molecule has 2 amide bonds. The van der Waals surface area contributed by atoms with Crippen LogP contribution in [0.5, 0.6) is 0 Å². The van der Waals surface area contributed by atoms with Crippen molar-refractivity contribution in [2.45, 2.75) is 44.2 Å². The summed E-state index contributed by atoms with van der Waals surface area (Å²) in [7, 11) is 0. The minimum absolute atomic E-state index is 0.00135. The minimum Gasteiger partial charge on any atom is -0.482 e. The van der Waals surface area contributed by atoms with Crippen molar-refractivity contribution in [2.75, 3.05) is 13.1 Å². The first-order valence-electron chi connectivity index (χ1n) is 10.9. The lowest BCUT2D eigenvalue weighted by Gasteiger charge is -2.44. The van der Waals surface area contributed by atoms with E-state index in [9.17, 15) is 14.0 Å². The van der Waals surface area contributed by atoms with Gasteiger partial charge in [-0.3, -0.25) is 9.59 Å². The Hall–Kier alpha value is -3.15. The molecule has 6 heteroatoms. The molecule has 0 radical (unpaired) electrons. The van der Waals surface area contributed by atoms with Gasteiger partial charge in [-0.15, -0.1) is 0 Å². The fourth-order valence-electron chi connectivity index (χ4n) is 4.31. The summed E-state index contributed by atoms with van der Waals surface area (Å²) in [5, 5.41) is 2.92. The van der Waals surface area contributed by atoms with Crippen molar-refractivity contribution in [1.82, 2.24) is 10.2 Å². The molecule has 162 valence electrons. The Balaban J connectivity index is 1.44. The highest BCUT2D eigenvalue weighted by atomic mass is 19.1. The maximum atomic E-state index is 13.6. The second-order valence-electron chi connectivity index (χ2n) is 8.09. The fraction of sp³-hybridized carbons (Fsp3) is 0.360. The van der Waals surface area contributed by atoms with Crippen molar-refractivity contribution in [1.29, 1.82) is 0 Å². The summed E-state index contributed by atoms with van der Waals surface area (Å²) in [4.78, 5) is 27.4. The number of morpholine rings is 1. The van der Waals surface area contributed by atoms with E-state index in [1.54, 1.807) is 23.1 Å². The number of fused-ring (bicyclic) bond motifs is 1. The molecule has 5 nitrogen and oxygen atoms in total. The summed E-state index contributed by atoms with van der Waals surface area (Å²) in [6.07, 6.45) is 5.86. The van der Waals surface area contributed by atoms with E-state index in [0.29, 0.717) is 12.1 Å². The predicted octanol–water partition coefficient (Wildman–Crippen LogP) is 3.70. The van der Waals surface area contributed by atoms with Gasteiger partial charge < -0.3 is 15.0 Å². The Morgan fingerprint density at radius 3 is 2.74 bits per heavy atom. The topological polar surface area (TPSA) is 58.6 Å². The molecule has 2 aromatic carbocycles. The monoisotopic (exact) mass is 422 g/mol. The lowest BCUT2D eigenvalue weighted by atomic mass is 9.89. The van der Waals surface area contributed by atoms with Gasteiger partial charge in [0, 0.05) is 6.54 Å². The Bertz CT molecular complexity index is 960. The largest absolute Gasteiger partial charge is 0.482 e. The van der Waals surface area contributed by atoms with Crippen LogP contribution in [0.1, 0.15) is 36.8 Å². The Morgan fingerprint density at radius 1 is 1.13 bits per heavy atom. The van der Waals surface area contributed by atoms with Gasteiger partial charge in [0.05, 0.1) is 6.04 Å². The summed E-state index contributed by atoms with van der Waals surface area (Å²) in [5.41, 5.74) is 1.71. The van der Waals surface area contributed by atoms with Crippen LogP contribution in [0.25, 0.3) is 6.08 Å². The van der Waals surface area contributed by atoms with Crippen LogP contribution >= 0.6 is 0 Å².